The number of ketones is 1. The van der Waals surface area contributed by atoms with Gasteiger partial charge in [-0.3, -0.25) is 9.79 Å². The SMILES string of the molecule is CCOC(=O)c1[nH]cc2c1N=C1CNCC(=O)C1C2c1ccc(Sc2nc3ccc(OC(F)(F)F)cc3[nH]2)o1. The standard InChI is InChI=1S/C25H20F3N5O5S/c1-2-36-23(35)22-21-12(8-30-22)19(20-15(31-21)9-29-10-16(20)34)17-5-6-18(37-17)39-24-32-13-4-3-11(7-14(13)33-24)38-25(26,27)28/h3-8,19-20,29-30H,2,9-10H2,1H3,(H,32,33). The summed E-state index contributed by atoms with van der Waals surface area (Å²) in [5.41, 5.74) is 2.69. The Morgan fingerprint density at radius 3 is 2.85 bits per heavy atom. The molecule has 0 bridgehead atoms. The Morgan fingerprint density at radius 1 is 1.21 bits per heavy atom. The van der Waals surface area contributed by atoms with E-state index in [0.29, 0.717) is 50.5 Å². The van der Waals surface area contributed by atoms with Gasteiger partial charge in [0.1, 0.15) is 11.5 Å². The van der Waals surface area contributed by atoms with Gasteiger partial charge < -0.3 is 29.2 Å². The monoisotopic (exact) mass is 559 g/mol. The first-order valence-electron chi connectivity index (χ1n) is 11.9. The number of nitrogens with one attached hydrogen (secondary N) is 3. The Labute approximate surface area is 222 Å². The lowest BCUT2D eigenvalue weighted by atomic mass is 9.75. The van der Waals surface area contributed by atoms with Gasteiger partial charge in [0.05, 0.1) is 41.7 Å². The summed E-state index contributed by atoms with van der Waals surface area (Å²) < 4.78 is 53.0. The van der Waals surface area contributed by atoms with E-state index in [-0.39, 0.29) is 30.4 Å². The zero-order chi connectivity index (χ0) is 27.3. The van der Waals surface area contributed by atoms with Crippen molar-refractivity contribution in [3.05, 3.63) is 53.5 Å². The molecule has 2 aliphatic heterocycles. The molecule has 0 spiro atoms. The molecule has 1 fully saturated rings. The van der Waals surface area contributed by atoms with E-state index in [2.05, 4.69) is 30.0 Å². The number of aromatic amines is 2. The van der Waals surface area contributed by atoms with Crippen molar-refractivity contribution in [3.63, 3.8) is 0 Å². The van der Waals surface area contributed by atoms with E-state index in [1.165, 1.54) is 18.2 Å². The number of benzene rings is 1. The molecule has 14 heteroatoms. The molecule has 3 N–H and O–H groups in total. The number of ether oxygens (including phenoxy) is 2. The number of halogens is 3. The average Bonchev–Trinajstić information content (AvgIpc) is 3.60. The van der Waals surface area contributed by atoms with Crippen LogP contribution in [0.25, 0.3) is 11.0 Å². The fraction of sp³-hybridized carbons (Fsp3) is 0.280. The number of furan rings is 1. The highest BCUT2D eigenvalue weighted by Crippen LogP contribution is 2.46. The predicted octanol–water partition coefficient (Wildman–Crippen LogP) is 4.72. The lowest BCUT2D eigenvalue weighted by molar-refractivity contribution is -0.274. The molecule has 39 heavy (non-hydrogen) atoms. The number of alkyl halides is 3. The van der Waals surface area contributed by atoms with E-state index < -0.39 is 24.2 Å². The molecule has 2 unspecified atom stereocenters. The zero-order valence-corrected chi connectivity index (χ0v) is 21.0. The number of aromatic nitrogens is 3. The van der Waals surface area contributed by atoms with Crippen LogP contribution in [0.5, 0.6) is 5.75 Å². The first kappa shape index (κ1) is 25.2. The second-order valence-corrected chi connectivity index (χ2v) is 9.84. The van der Waals surface area contributed by atoms with Gasteiger partial charge in [0, 0.05) is 30.1 Å². The van der Waals surface area contributed by atoms with Gasteiger partial charge in [-0.1, -0.05) is 0 Å². The Hall–Kier alpha value is -4.04. The maximum absolute atomic E-state index is 13.0. The number of H-pyrrole nitrogens is 2. The summed E-state index contributed by atoms with van der Waals surface area (Å²) in [5, 5.41) is 3.89. The predicted molar refractivity (Wildman–Crippen MR) is 133 cm³/mol. The molecule has 10 nitrogen and oxygen atoms in total. The van der Waals surface area contributed by atoms with Crippen LogP contribution in [0.15, 0.2) is 56.2 Å². The Bertz CT molecular complexity index is 1620. The molecular weight excluding hydrogens is 539 g/mol. The van der Waals surface area contributed by atoms with Crippen molar-refractivity contribution in [3.8, 4) is 5.75 Å². The number of imidazole rings is 1. The van der Waals surface area contributed by atoms with Gasteiger partial charge in [-0.2, -0.15) is 0 Å². The summed E-state index contributed by atoms with van der Waals surface area (Å²) in [6, 6.07) is 7.30. The average molecular weight is 560 g/mol. The summed E-state index contributed by atoms with van der Waals surface area (Å²) in [6.07, 6.45) is -3.15. The number of nitrogens with zero attached hydrogens (tertiary/aromatic N) is 2. The number of rotatable bonds is 6. The molecule has 5 heterocycles. The number of aliphatic imine (C=N–C) groups is 1. The van der Waals surface area contributed by atoms with Crippen LogP contribution in [0.2, 0.25) is 0 Å². The summed E-state index contributed by atoms with van der Waals surface area (Å²) in [5.74, 6) is -1.53. The number of hydrogen-bond acceptors (Lipinski definition) is 9. The van der Waals surface area contributed by atoms with Gasteiger partial charge in [0.2, 0.25) is 0 Å². The van der Waals surface area contributed by atoms with Gasteiger partial charge >= 0.3 is 12.3 Å². The number of carbonyl (C=O) groups is 2. The van der Waals surface area contributed by atoms with E-state index in [4.69, 9.17) is 9.15 Å². The van der Waals surface area contributed by atoms with Crippen molar-refractivity contribution in [1.29, 1.82) is 0 Å². The molecule has 3 aromatic heterocycles. The molecule has 2 atom stereocenters. The maximum Gasteiger partial charge on any atom is 0.573 e. The maximum atomic E-state index is 13.0. The third-order valence-corrected chi connectivity index (χ3v) is 7.18. The van der Waals surface area contributed by atoms with E-state index >= 15 is 0 Å². The number of Topliss-reactive ketones (excluding diaryl/α,β-unsaturated/α-hetero) is 1. The van der Waals surface area contributed by atoms with Gasteiger partial charge in [-0.15, -0.1) is 13.2 Å². The van der Waals surface area contributed by atoms with E-state index in [1.54, 1.807) is 25.3 Å². The molecule has 0 amide bonds. The molecule has 1 aromatic carbocycles. The first-order chi connectivity index (χ1) is 18.7. The van der Waals surface area contributed by atoms with Crippen LogP contribution in [-0.2, 0) is 9.53 Å². The summed E-state index contributed by atoms with van der Waals surface area (Å²) in [4.78, 5) is 40.4. The summed E-state index contributed by atoms with van der Waals surface area (Å²) in [7, 11) is 0. The van der Waals surface area contributed by atoms with Gasteiger partial charge in [-0.25, -0.2) is 9.78 Å². The van der Waals surface area contributed by atoms with E-state index in [0.717, 1.165) is 11.8 Å². The summed E-state index contributed by atoms with van der Waals surface area (Å²) >= 11 is 1.14. The molecular formula is C25H20F3N5O5S. The number of carbonyl (C=O) groups excluding carboxylic acids is 2. The van der Waals surface area contributed by atoms with Gasteiger partial charge in [-0.05, 0) is 43.0 Å². The van der Waals surface area contributed by atoms with Gasteiger partial charge in [0.15, 0.2) is 21.7 Å². The molecule has 202 valence electrons. The van der Waals surface area contributed by atoms with E-state index in [9.17, 15) is 22.8 Å². The molecule has 4 aromatic rings. The smallest absolute Gasteiger partial charge is 0.461 e. The highest BCUT2D eigenvalue weighted by atomic mass is 32.2. The Kier molecular flexibility index (Phi) is 6.22. The normalized spacial score (nSPS) is 19.0. The fourth-order valence-corrected chi connectivity index (χ4v) is 5.63. The van der Waals surface area contributed by atoms with Crippen LogP contribution in [0, 0.1) is 5.92 Å². The van der Waals surface area contributed by atoms with Crippen molar-refractivity contribution in [2.24, 2.45) is 10.9 Å². The minimum absolute atomic E-state index is 0.0469. The zero-order valence-electron chi connectivity index (χ0n) is 20.2. The second-order valence-electron chi connectivity index (χ2n) is 8.84. The molecule has 1 saturated heterocycles. The largest absolute Gasteiger partial charge is 0.573 e. The Balaban J connectivity index is 1.31. The minimum atomic E-state index is -4.80. The number of piperidine rings is 1. The molecule has 2 aliphatic rings. The van der Waals surface area contributed by atoms with Crippen molar-refractivity contribution in [1.82, 2.24) is 20.3 Å². The topological polar surface area (TPSA) is 135 Å². The molecule has 6 rings (SSSR count). The van der Waals surface area contributed by atoms with Crippen LogP contribution in [0.1, 0.15) is 34.7 Å². The van der Waals surface area contributed by atoms with Crippen LogP contribution in [-0.4, -0.2) is 58.5 Å². The van der Waals surface area contributed by atoms with Crippen molar-refractivity contribution in [2.45, 2.75) is 29.5 Å². The second kappa shape index (κ2) is 9.61. The quantitative estimate of drug-likeness (QED) is 0.289. The molecule has 0 saturated carbocycles. The van der Waals surface area contributed by atoms with Crippen LogP contribution < -0.4 is 10.1 Å². The lowest BCUT2D eigenvalue weighted by Crippen LogP contribution is -2.48. The number of esters is 1. The highest BCUT2D eigenvalue weighted by Gasteiger charge is 2.44. The fourth-order valence-electron chi connectivity index (χ4n) is 4.86. The Morgan fingerprint density at radius 2 is 2.05 bits per heavy atom. The third-order valence-electron chi connectivity index (χ3n) is 6.37. The summed E-state index contributed by atoms with van der Waals surface area (Å²) in [6.45, 7) is 2.49. The van der Waals surface area contributed by atoms with E-state index in [1.807, 2.05) is 0 Å². The number of hydrogen-bond donors (Lipinski definition) is 3. The van der Waals surface area contributed by atoms with Crippen molar-refractivity contribution in [2.75, 3.05) is 19.7 Å². The highest BCUT2D eigenvalue weighted by molar-refractivity contribution is 7.99. The lowest BCUT2D eigenvalue weighted by Gasteiger charge is -2.33. The van der Waals surface area contributed by atoms with Crippen LogP contribution in [0.3, 0.4) is 0 Å². The van der Waals surface area contributed by atoms with Crippen molar-refractivity contribution < 1.29 is 36.7 Å². The van der Waals surface area contributed by atoms with Crippen LogP contribution >= 0.6 is 11.8 Å². The number of fused-ring (bicyclic) bond motifs is 3. The molecule has 0 radical (unpaired) electrons. The molecule has 0 aliphatic carbocycles. The van der Waals surface area contributed by atoms with Gasteiger partial charge in [0.25, 0.3) is 0 Å². The van der Waals surface area contributed by atoms with Crippen molar-refractivity contribution >= 4 is 45.9 Å². The first-order valence-corrected chi connectivity index (χ1v) is 12.7. The minimum Gasteiger partial charge on any atom is -0.461 e. The van der Waals surface area contributed by atoms with Crippen LogP contribution in [0.4, 0.5) is 18.9 Å². The third kappa shape index (κ3) is 4.81.